The number of aliphatic hydroxyl groups excluding tert-OH is 1. The number of hydrogen-bond acceptors (Lipinski definition) is 1. The van der Waals surface area contributed by atoms with Gasteiger partial charge in [0.1, 0.15) is 11.6 Å². The second-order valence-electron chi connectivity index (χ2n) is 4.07. The van der Waals surface area contributed by atoms with Crippen LogP contribution in [0.1, 0.15) is 38.2 Å². The third kappa shape index (κ3) is 4.27. The summed E-state index contributed by atoms with van der Waals surface area (Å²) in [7, 11) is 0. The molecule has 0 fully saturated rings. The number of aliphatic hydroxyl groups is 1. The van der Waals surface area contributed by atoms with Crippen LogP contribution in [-0.4, -0.2) is 11.2 Å². The van der Waals surface area contributed by atoms with Crippen molar-refractivity contribution in [3.05, 3.63) is 35.4 Å². The number of rotatable bonds is 6. The molecule has 3 heteroatoms. The molecule has 1 nitrogen and oxygen atoms in total. The molecule has 1 aromatic carbocycles. The Morgan fingerprint density at radius 3 is 2.69 bits per heavy atom. The Balaban J connectivity index is 2.39. The maximum Gasteiger partial charge on any atom is 0.126 e. The fourth-order valence-corrected chi connectivity index (χ4v) is 1.74. The molecule has 0 radical (unpaired) electrons. The summed E-state index contributed by atoms with van der Waals surface area (Å²) in [6, 6.07) is 3.49. The summed E-state index contributed by atoms with van der Waals surface area (Å²) < 4.78 is 26.1. The van der Waals surface area contributed by atoms with Crippen molar-refractivity contribution >= 4 is 0 Å². The van der Waals surface area contributed by atoms with Gasteiger partial charge in [0.25, 0.3) is 0 Å². The van der Waals surface area contributed by atoms with Gasteiger partial charge < -0.3 is 5.11 Å². The van der Waals surface area contributed by atoms with E-state index in [1.807, 2.05) is 6.92 Å². The van der Waals surface area contributed by atoms with E-state index in [2.05, 4.69) is 0 Å². The Bertz CT molecular complexity index is 326. The molecule has 0 aromatic heterocycles. The molecule has 16 heavy (non-hydrogen) atoms. The monoisotopic (exact) mass is 228 g/mol. The largest absolute Gasteiger partial charge is 0.393 e. The molecule has 0 amide bonds. The maximum absolute atomic E-state index is 13.2. The van der Waals surface area contributed by atoms with E-state index in [1.54, 1.807) is 0 Å². The van der Waals surface area contributed by atoms with Crippen molar-refractivity contribution < 1.29 is 13.9 Å². The van der Waals surface area contributed by atoms with Crippen LogP contribution in [0.5, 0.6) is 0 Å². The normalized spacial score (nSPS) is 12.8. The minimum Gasteiger partial charge on any atom is -0.393 e. The van der Waals surface area contributed by atoms with Crippen molar-refractivity contribution in [3.63, 3.8) is 0 Å². The Morgan fingerprint density at radius 2 is 2.00 bits per heavy atom. The standard InChI is InChI=1S/C13H18F2O/c1-2-4-12(16)6-3-5-10-9-11(14)7-8-13(10)15/h7-9,12,16H,2-6H2,1H3. The predicted molar refractivity (Wildman–Crippen MR) is 60.2 cm³/mol. The van der Waals surface area contributed by atoms with Crippen molar-refractivity contribution in [1.82, 2.24) is 0 Å². The number of benzene rings is 1. The lowest BCUT2D eigenvalue weighted by Crippen LogP contribution is -2.06. The van der Waals surface area contributed by atoms with E-state index in [0.717, 1.165) is 25.0 Å². The molecule has 0 spiro atoms. The summed E-state index contributed by atoms with van der Waals surface area (Å²) in [4.78, 5) is 0. The molecule has 0 aliphatic carbocycles. The van der Waals surface area contributed by atoms with Crippen LogP contribution in [0.4, 0.5) is 8.78 Å². The minimum absolute atomic E-state index is 0.318. The number of aryl methyl sites for hydroxylation is 1. The quantitative estimate of drug-likeness (QED) is 0.790. The molecule has 0 aliphatic heterocycles. The Hall–Kier alpha value is -0.960. The zero-order valence-corrected chi connectivity index (χ0v) is 9.55. The highest BCUT2D eigenvalue weighted by atomic mass is 19.1. The summed E-state index contributed by atoms with van der Waals surface area (Å²) in [5.41, 5.74) is 0.392. The Kier molecular flexibility index (Phi) is 5.39. The van der Waals surface area contributed by atoms with Gasteiger partial charge in [0.2, 0.25) is 0 Å². The van der Waals surface area contributed by atoms with Gasteiger partial charge in [0, 0.05) is 0 Å². The molecular weight excluding hydrogens is 210 g/mol. The number of hydrogen-bond donors (Lipinski definition) is 1. The van der Waals surface area contributed by atoms with Crippen molar-refractivity contribution in [3.8, 4) is 0 Å². The summed E-state index contributed by atoms with van der Waals surface area (Å²) in [5, 5.41) is 9.48. The lowest BCUT2D eigenvalue weighted by molar-refractivity contribution is 0.151. The first kappa shape index (κ1) is 13.1. The molecule has 1 rings (SSSR count). The molecule has 1 N–H and O–H groups in total. The van der Waals surface area contributed by atoms with Crippen LogP contribution in [0.15, 0.2) is 18.2 Å². The summed E-state index contributed by atoms with van der Waals surface area (Å²) >= 11 is 0. The van der Waals surface area contributed by atoms with Crippen LogP contribution in [0.25, 0.3) is 0 Å². The highest BCUT2D eigenvalue weighted by molar-refractivity contribution is 5.18. The van der Waals surface area contributed by atoms with Gasteiger partial charge in [-0.25, -0.2) is 8.78 Å². The van der Waals surface area contributed by atoms with Crippen molar-refractivity contribution in [2.45, 2.75) is 45.1 Å². The Morgan fingerprint density at radius 1 is 1.25 bits per heavy atom. The van der Waals surface area contributed by atoms with E-state index in [4.69, 9.17) is 0 Å². The topological polar surface area (TPSA) is 20.2 Å². The van der Waals surface area contributed by atoms with Gasteiger partial charge in [-0.1, -0.05) is 13.3 Å². The fraction of sp³-hybridized carbons (Fsp3) is 0.538. The first-order valence-electron chi connectivity index (χ1n) is 5.75. The van der Waals surface area contributed by atoms with Gasteiger partial charge in [-0.05, 0) is 49.4 Å². The lowest BCUT2D eigenvalue weighted by atomic mass is 10.0. The molecular formula is C13H18F2O. The second kappa shape index (κ2) is 6.59. The summed E-state index contributed by atoms with van der Waals surface area (Å²) in [5.74, 6) is -0.781. The molecule has 0 saturated heterocycles. The first-order chi connectivity index (χ1) is 7.63. The molecule has 1 atom stereocenters. The van der Waals surface area contributed by atoms with Gasteiger partial charge in [-0.15, -0.1) is 0 Å². The highest BCUT2D eigenvalue weighted by Gasteiger charge is 2.06. The van der Waals surface area contributed by atoms with Crippen LogP contribution in [0.2, 0.25) is 0 Å². The van der Waals surface area contributed by atoms with E-state index in [0.29, 0.717) is 24.8 Å². The number of halogens is 2. The third-order valence-corrected chi connectivity index (χ3v) is 2.61. The van der Waals surface area contributed by atoms with Crippen LogP contribution < -0.4 is 0 Å². The summed E-state index contributed by atoms with van der Waals surface area (Å²) in [6.07, 6.45) is 3.19. The van der Waals surface area contributed by atoms with Gasteiger partial charge in [-0.3, -0.25) is 0 Å². The Labute approximate surface area is 95.1 Å². The third-order valence-electron chi connectivity index (χ3n) is 2.61. The molecule has 0 bridgehead atoms. The van der Waals surface area contributed by atoms with E-state index in [1.165, 1.54) is 6.07 Å². The van der Waals surface area contributed by atoms with Gasteiger partial charge >= 0.3 is 0 Å². The van der Waals surface area contributed by atoms with Gasteiger partial charge in [0.05, 0.1) is 6.10 Å². The van der Waals surface area contributed by atoms with Gasteiger partial charge in [0.15, 0.2) is 0 Å². The molecule has 1 aromatic rings. The average Bonchev–Trinajstić information content (AvgIpc) is 2.23. The average molecular weight is 228 g/mol. The van der Waals surface area contributed by atoms with Crippen molar-refractivity contribution in [1.29, 1.82) is 0 Å². The van der Waals surface area contributed by atoms with Crippen molar-refractivity contribution in [2.24, 2.45) is 0 Å². The van der Waals surface area contributed by atoms with Gasteiger partial charge in [-0.2, -0.15) is 0 Å². The predicted octanol–water partition coefficient (Wildman–Crippen LogP) is 3.45. The second-order valence-corrected chi connectivity index (χ2v) is 4.07. The molecule has 0 saturated carbocycles. The highest BCUT2D eigenvalue weighted by Crippen LogP contribution is 2.14. The maximum atomic E-state index is 13.2. The SMILES string of the molecule is CCCC(O)CCCc1cc(F)ccc1F. The zero-order chi connectivity index (χ0) is 12.0. The van der Waals surface area contributed by atoms with Crippen LogP contribution in [0, 0.1) is 11.6 Å². The van der Waals surface area contributed by atoms with Crippen LogP contribution in [0.3, 0.4) is 0 Å². The van der Waals surface area contributed by atoms with E-state index in [9.17, 15) is 13.9 Å². The molecule has 90 valence electrons. The molecule has 0 heterocycles. The fourth-order valence-electron chi connectivity index (χ4n) is 1.74. The molecule has 0 aliphatic rings. The van der Waals surface area contributed by atoms with E-state index in [-0.39, 0.29) is 11.9 Å². The smallest absolute Gasteiger partial charge is 0.126 e. The molecule has 1 unspecified atom stereocenters. The van der Waals surface area contributed by atoms with Crippen LogP contribution >= 0.6 is 0 Å². The van der Waals surface area contributed by atoms with E-state index < -0.39 is 5.82 Å². The lowest BCUT2D eigenvalue weighted by Gasteiger charge is -2.09. The van der Waals surface area contributed by atoms with Crippen LogP contribution in [-0.2, 0) is 6.42 Å². The zero-order valence-electron chi connectivity index (χ0n) is 9.55. The summed E-state index contributed by atoms with van der Waals surface area (Å²) in [6.45, 7) is 2.01. The van der Waals surface area contributed by atoms with Crippen molar-refractivity contribution in [2.75, 3.05) is 0 Å². The minimum atomic E-state index is -0.412. The van der Waals surface area contributed by atoms with E-state index >= 15 is 0 Å². The first-order valence-corrected chi connectivity index (χ1v) is 5.75.